The van der Waals surface area contributed by atoms with Crippen LogP contribution in [0.2, 0.25) is 0 Å². The highest BCUT2D eigenvalue weighted by Gasteiger charge is 2.26. The number of piperidine rings is 1. The average Bonchev–Trinajstić information content (AvgIpc) is 3.31. The van der Waals surface area contributed by atoms with Gasteiger partial charge in [0.15, 0.2) is 11.5 Å². The number of carbonyl (C=O) groups excluding carboxylic acids is 1. The predicted molar refractivity (Wildman–Crippen MR) is 131 cm³/mol. The molecule has 1 fully saturated rings. The van der Waals surface area contributed by atoms with Crippen molar-refractivity contribution in [2.75, 3.05) is 25.1 Å². The molecule has 0 spiro atoms. The number of rotatable bonds is 6. The van der Waals surface area contributed by atoms with E-state index in [0.717, 1.165) is 48.6 Å². The van der Waals surface area contributed by atoms with Gasteiger partial charge >= 0.3 is 0 Å². The molecule has 2 aromatic carbocycles. The molecule has 0 bridgehead atoms. The zero-order valence-corrected chi connectivity index (χ0v) is 19.4. The van der Waals surface area contributed by atoms with Crippen LogP contribution < -0.4 is 15.0 Å². The molecule has 0 aliphatic carbocycles. The largest absolute Gasteiger partial charge is 0.497 e. The van der Waals surface area contributed by atoms with Crippen molar-refractivity contribution in [2.24, 2.45) is 5.92 Å². The molecule has 174 valence electrons. The monoisotopic (exact) mass is 456 g/mol. The van der Waals surface area contributed by atoms with Crippen LogP contribution in [0.25, 0.3) is 17.0 Å². The number of methoxy groups -OCH3 is 1. The summed E-state index contributed by atoms with van der Waals surface area (Å²) in [7, 11) is 1.65. The maximum atomic E-state index is 12.7. The fourth-order valence-corrected chi connectivity index (χ4v) is 4.39. The molecule has 0 saturated carbocycles. The summed E-state index contributed by atoms with van der Waals surface area (Å²) >= 11 is 0. The Hall–Kier alpha value is -3.94. The first-order valence-electron chi connectivity index (χ1n) is 11.6. The lowest BCUT2D eigenvalue weighted by molar-refractivity contribution is -0.125. The van der Waals surface area contributed by atoms with E-state index >= 15 is 0 Å². The van der Waals surface area contributed by atoms with Crippen LogP contribution in [-0.4, -0.2) is 45.9 Å². The molecule has 3 heterocycles. The van der Waals surface area contributed by atoms with Gasteiger partial charge in [-0.2, -0.15) is 4.52 Å². The van der Waals surface area contributed by atoms with E-state index in [4.69, 9.17) is 9.84 Å². The van der Waals surface area contributed by atoms with Gasteiger partial charge in [-0.25, -0.2) is 0 Å². The summed E-state index contributed by atoms with van der Waals surface area (Å²) in [6, 6.07) is 19.8. The van der Waals surface area contributed by atoms with Gasteiger partial charge in [0.25, 0.3) is 0 Å². The van der Waals surface area contributed by atoms with E-state index in [9.17, 15) is 4.79 Å². The smallest absolute Gasteiger partial charge is 0.223 e. The summed E-state index contributed by atoms with van der Waals surface area (Å²) in [5.74, 6) is 2.49. The lowest BCUT2D eigenvalue weighted by Gasteiger charge is -2.32. The number of nitrogens with one attached hydrogen (secondary N) is 1. The summed E-state index contributed by atoms with van der Waals surface area (Å²) in [4.78, 5) is 14.9. The van der Waals surface area contributed by atoms with Gasteiger partial charge in [-0.15, -0.1) is 15.3 Å². The van der Waals surface area contributed by atoms with Crippen LogP contribution in [0.3, 0.4) is 0 Å². The summed E-state index contributed by atoms with van der Waals surface area (Å²) in [6.07, 6.45) is 1.60. The molecule has 8 nitrogen and oxygen atoms in total. The SMILES string of the molecule is COc1ccc(-c2nnc3ccc(N4CCC(C(=O)NCc5cccc(C)c5)CC4)nn23)cc1. The van der Waals surface area contributed by atoms with Crippen molar-refractivity contribution in [1.29, 1.82) is 0 Å². The van der Waals surface area contributed by atoms with Crippen LogP contribution in [0.4, 0.5) is 5.82 Å². The van der Waals surface area contributed by atoms with Crippen LogP contribution in [0.1, 0.15) is 24.0 Å². The Morgan fingerprint density at radius 1 is 1.06 bits per heavy atom. The van der Waals surface area contributed by atoms with Gasteiger partial charge in [-0.3, -0.25) is 4.79 Å². The van der Waals surface area contributed by atoms with Crippen LogP contribution >= 0.6 is 0 Å². The van der Waals surface area contributed by atoms with E-state index < -0.39 is 0 Å². The molecule has 4 aromatic rings. The fourth-order valence-electron chi connectivity index (χ4n) is 4.39. The minimum Gasteiger partial charge on any atom is -0.497 e. The Balaban J connectivity index is 1.24. The number of amides is 1. The maximum absolute atomic E-state index is 12.7. The molecule has 8 heteroatoms. The average molecular weight is 457 g/mol. The van der Waals surface area contributed by atoms with Gasteiger partial charge in [0.05, 0.1) is 7.11 Å². The quantitative estimate of drug-likeness (QED) is 0.477. The van der Waals surface area contributed by atoms with Gasteiger partial charge < -0.3 is 15.0 Å². The number of anilines is 1. The van der Waals surface area contributed by atoms with E-state index in [0.29, 0.717) is 18.0 Å². The van der Waals surface area contributed by atoms with Gasteiger partial charge in [-0.1, -0.05) is 29.8 Å². The molecule has 1 saturated heterocycles. The first-order chi connectivity index (χ1) is 16.6. The third-order valence-corrected chi connectivity index (χ3v) is 6.34. The predicted octanol–water partition coefficient (Wildman–Crippen LogP) is 3.64. The number of ether oxygens (including phenoxy) is 1. The minimum absolute atomic E-state index is 0.0227. The number of hydrogen-bond donors (Lipinski definition) is 1. The third kappa shape index (κ3) is 4.57. The Morgan fingerprint density at radius 3 is 2.59 bits per heavy atom. The van der Waals surface area contributed by atoms with Crippen molar-refractivity contribution in [3.8, 4) is 17.1 Å². The van der Waals surface area contributed by atoms with Crippen molar-refractivity contribution >= 4 is 17.4 Å². The number of carbonyl (C=O) groups is 1. The zero-order chi connectivity index (χ0) is 23.5. The normalized spacial score (nSPS) is 14.4. The van der Waals surface area contributed by atoms with Crippen LogP contribution in [0, 0.1) is 12.8 Å². The van der Waals surface area contributed by atoms with E-state index in [2.05, 4.69) is 39.5 Å². The highest BCUT2D eigenvalue weighted by Crippen LogP contribution is 2.25. The highest BCUT2D eigenvalue weighted by atomic mass is 16.5. The van der Waals surface area contributed by atoms with Crippen LogP contribution in [0.15, 0.2) is 60.7 Å². The number of hydrogen-bond acceptors (Lipinski definition) is 6. The highest BCUT2D eigenvalue weighted by molar-refractivity contribution is 5.79. The zero-order valence-electron chi connectivity index (χ0n) is 19.4. The summed E-state index contributed by atoms with van der Waals surface area (Å²) in [5, 5.41) is 16.5. The topological polar surface area (TPSA) is 84.7 Å². The van der Waals surface area contributed by atoms with Gasteiger partial charge in [0.1, 0.15) is 11.6 Å². The number of benzene rings is 2. The van der Waals surface area contributed by atoms with E-state index in [1.165, 1.54) is 5.56 Å². The lowest BCUT2D eigenvalue weighted by Crippen LogP contribution is -2.40. The second kappa shape index (κ2) is 9.51. The summed E-state index contributed by atoms with van der Waals surface area (Å²) < 4.78 is 7.02. The Labute approximate surface area is 198 Å². The van der Waals surface area contributed by atoms with Crippen molar-refractivity contribution in [2.45, 2.75) is 26.3 Å². The molecular weight excluding hydrogens is 428 g/mol. The van der Waals surface area contributed by atoms with Gasteiger partial charge in [-0.05, 0) is 61.7 Å². The molecule has 5 rings (SSSR count). The maximum Gasteiger partial charge on any atom is 0.223 e. The number of fused-ring (bicyclic) bond motifs is 1. The Kier molecular flexibility index (Phi) is 6.12. The fraction of sp³-hybridized carbons (Fsp3) is 0.308. The standard InChI is InChI=1S/C26H28N6O2/c1-18-4-3-5-19(16-18)17-27-26(33)21-12-14-31(15-13-21)24-11-10-23-28-29-25(32(23)30-24)20-6-8-22(34-2)9-7-20/h3-11,16,21H,12-15,17H2,1-2H3,(H,27,33). The molecule has 0 atom stereocenters. The Bertz CT molecular complexity index is 1290. The van der Waals surface area contributed by atoms with Crippen LogP contribution in [-0.2, 0) is 11.3 Å². The molecule has 2 aromatic heterocycles. The van der Waals surface area contributed by atoms with E-state index in [1.807, 2.05) is 48.5 Å². The second-order valence-corrected chi connectivity index (χ2v) is 8.68. The second-order valence-electron chi connectivity index (χ2n) is 8.68. The summed E-state index contributed by atoms with van der Waals surface area (Å²) in [5.41, 5.74) is 3.94. The van der Waals surface area contributed by atoms with Crippen LogP contribution in [0.5, 0.6) is 5.75 Å². The molecule has 0 radical (unpaired) electrons. The van der Waals surface area contributed by atoms with E-state index in [1.54, 1.807) is 11.6 Å². The van der Waals surface area contributed by atoms with Crippen molar-refractivity contribution in [3.63, 3.8) is 0 Å². The Morgan fingerprint density at radius 2 is 1.85 bits per heavy atom. The number of aromatic nitrogens is 4. The molecule has 1 amide bonds. The number of aryl methyl sites for hydroxylation is 1. The first kappa shape index (κ1) is 21.9. The number of nitrogens with zero attached hydrogens (tertiary/aromatic N) is 5. The lowest BCUT2D eigenvalue weighted by atomic mass is 9.96. The molecule has 1 aliphatic rings. The molecular formula is C26H28N6O2. The molecule has 34 heavy (non-hydrogen) atoms. The van der Waals surface area contributed by atoms with Gasteiger partial charge in [0.2, 0.25) is 5.91 Å². The van der Waals surface area contributed by atoms with Gasteiger partial charge in [0, 0.05) is 31.1 Å². The summed E-state index contributed by atoms with van der Waals surface area (Å²) in [6.45, 7) is 4.19. The minimum atomic E-state index is 0.0227. The van der Waals surface area contributed by atoms with E-state index in [-0.39, 0.29) is 11.8 Å². The van der Waals surface area contributed by atoms with Crippen molar-refractivity contribution in [3.05, 3.63) is 71.8 Å². The first-order valence-corrected chi connectivity index (χ1v) is 11.6. The third-order valence-electron chi connectivity index (χ3n) is 6.34. The molecule has 1 aliphatic heterocycles. The molecule has 0 unspecified atom stereocenters. The van der Waals surface area contributed by atoms with Crippen molar-refractivity contribution in [1.82, 2.24) is 25.1 Å². The molecule has 1 N–H and O–H groups in total. The van der Waals surface area contributed by atoms with Crippen molar-refractivity contribution < 1.29 is 9.53 Å².